The molecule has 168 valence electrons. The maximum Gasteiger partial charge on any atom is 0.253 e. The molecule has 0 heterocycles. The van der Waals surface area contributed by atoms with Crippen LogP contribution in [-0.2, 0) is 11.2 Å². The van der Waals surface area contributed by atoms with E-state index in [0.29, 0.717) is 31.2 Å². The third kappa shape index (κ3) is 8.89. The first kappa shape index (κ1) is 26.2. The smallest absolute Gasteiger partial charge is 0.253 e. The van der Waals surface area contributed by atoms with Gasteiger partial charge >= 0.3 is 0 Å². The first-order valence-corrected chi connectivity index (χ1v) is 10.5. The van der Waals surface area contributed by atoms with Crippen molar-refractivity contribution in [3.05, 3.63) is 35.4 Å². The van der Waals surface area contributed by atoms with Crippen molar-refractivity contribution < 1.29 is 9.59 Å². The van der Waals surface area contributed by atoms with E-state index in [1.807, 2.05) is 24.3 Å². The molecule has 0 saturated heterocycles. The van der Waals surface area contributed by atoms with Gasteiger partial charge in [-0.15, -0.1) is 24.0 Å². The Morgan fingerprint density at radius 1 is 1.03 bits per heavy atom. The number of carbonyl (C=O) groups excluding carboxylic acids is 2. The Labute approximate surface area is 197 Å². The molecule has 7 nitrogen and oxygen atoms in total. The number of guanidine groups is 1. The van der Waals surface area contributed by atoms with E-state index in [2.05, 4.69) is 20.9 Å². The predicted octanol–water partition coefficient (Wildman–Crippen LogP) is 2.41. The quantitative estimate of drug-likeness (QED) is 0.209. The molecule has 30 heavy (non-hydrogen) atoms. The first-order valence-electron chi connectivity index (χ1n) is 10.5. The maximum absolute atomic E-state index is 12.1. The fourth-order valence-electron chi connectivity index (χ4n) is 3.54. The molecule has 1 aromatic rings. The Bertz CT molecular complexity index is 703. The Morgan fingerprint density at radius 3 is 2.37 bits per heavy atom. The van der Waals surface area contributed by atoms with Crippen LogP contribution in [-0.4, -0.2) is 63.5 Å². The molecule has 2 rings (SSSR count). The summed E-state index contributed by atoms with van der Waals surface area (Å²) in [5, 5.41) is 9.51. The van der Waals surface area contributed by atoms with Gasteiger partial charge in [-0.3, -0.25) is 14.6 Å². The minimum Gasteiger partial charge on any atom is -0.356 e. The van der Waals surface area contributed by atoms with Gasteiger partial charge in [0, 0.05) is 52.3 Å². The van der Waals surface area contributed by atoms with Gasteiger partial charge in [0.15, 0.2) is 5.96 Å². The monoisotopic (exact) mass is 529 g/mol. The van der Waals surface area contributed by atoms with Crippen molar-refractivity contribution in [2.75, 3.05) is 40.8 Å². The standard InChI is InChI=1S/C22H35N5O2.HI/c1-23-22(26-15-14-24-20(28)18-9-5-4-6-10-18)25-13-12-17-8-7-11-19(16-17)21(29)27(2)3;/h7-8,11,16,18H,4-6,9-10,12-15H2,1-3H3,(H,24,28)(H2,23,25,26);1H. The minimum atomic E-state index is 0. The molecule has 1 aliphatic rings. The Kier molecular flexibility index (Phi) is 12.4. The lowest BCUT2D eigenvalue weighted by molar-refractivity contribution is -0.125. The summed E-state index contributed by atoms with van der Waals surface area (Å²) in [6.07, 6.45) is 6.41. The van der Waals surface area contributed by atoms with Crippen molar-refractivity contribution >= 4 is 41.8 Å². The van der Waals surface area contributed by atoms with Gasteiger partial charge in [-0.25, -0.2) is 0 Å². The van der Waals surface area contributed by atoms with Gasteiger partial charge in [0.1, 0.15) is 0 Å². The highest BCUT2D eigenvalue weighted by atomic mass is 127. The molecule has 0 aromatic heterocycles. The van der Waals surface area contributed by atoms with Crippen molar-refractivity contribution in [1.82, 2.24) is 20.9 Å². The zero-order valence-corrected chi connectivity index (χ0v) is 20.7. The van der Waals surface area contributed by atoms with Gasteiger partial charge in [-0.1, -0.05) is 31.4 Å². The van der Waals surface area contributed by atoms with Gasteiger partial charge in [0.2, 0.25) is 5.91 Å². The molecule has 1 aliphatic carbocycles. The third-order valence-corrected chi connectivity index (χ3v) is 5.20. The number of hydrogen-bond acceptors (Lipinski definition) is 3. The largest absolute Gasteiger partial charge is 0.356 e. The van der Waals surface area contributed by atoms with Gasteiger partial charge in [-0.05, 0) is 37.0 Å². The minimum absolute atomic E-state index is 0. The lowest BCUT2D eigenvalue weighted by Crippen LogP contribution is -2.43. The van der Waals surface area contributed by atoms with E-state index in [-0.39, 0.29) is 41.7 Å². The van der Waals surface area contributed by atoms with Gasteiger partial charge < -0.3 is 20.9 Å². The molecule has 1 saturated carbocycles. The maximum atomic E-state index is 12.1. The Hall–Kier alpha value is -1.84. The van der Waals surface area contributed by atoms with Crippen LogP contribution in [0.4, 0.5) is 0 Å². The molecule has 0 bridgehead atoms. The third-order valence-electron chi connectivity index (χ3n) is 5.20. The summed E-state index contributed by atoms with van der Waals surface area (Å²) in [5.74, 6) is 1.09. The van der Waals surface area contributed by atoms with Crippen LogP contribution < -0.4 is 16.0 Å². The van der Waals surface area contributed by atoms with Crippen molar-refractivity contribution in [1.29, 1.82) is 0 Å². The number of carbonyl (C=O) groups is 2. The lowest BCUT2D eigenvalue weighted by Gasteiger charge is -2.21. The van der Waals surface area contributed by atoms with Crippen LogP contribution in [0.2, 0.25) is 0 Å². The average molecular weight is 529 g/mol. The van der Waals surface area contributed by atoms with Crippen LogP contribution in [0.1, 0.15) is 48.0 Å². The van der Waals surface area contributed by atoms with Crippen LogP contribution >= 0.6 is 24.0 Å². The zero-order chi connectivity index (χ0) is 21.1. The molecule has 1 aromatic carbocycles. The molecule has 8 heteroatoms. The summed E-state index contributed by atoms with van der Waals surface area (Å²) in [5.41, 5.74) is 1.80. The number of nitrogens with zero attached hydrogens (tertiary/aromatic N) is 2. The lowest BCUT2D eigenvalue weighted by atomic mass is 9.89. The SMILES string of the molecule is CN=C(NCCNC(=O)C1CCCCC1)NCCc1cccc(C(=O)N(C)C)c1.I. The highest BCUT2D eigenvalue weighted by molar-refractivity contribution is 14.0. The highest BCUT2D eigenvalue weighted by Gasteiger charge is 2.20. The van der Waals surface area contributed by atoms with Gasteiger partial charge in [0.05, 0.1) is 0 Å². The summed E-state index contributed by atoms with van der Waals surface area (Å²) >= 11 is 0. The fraction of sp³-hybridized carbons (Fsp3) is 0.591. The predicted molar refractivity (Wildman–Crippen MR) is 133 cm³/mol. The molecular formula is C22H36IN5O2. The molecule has 0 aliphatic heterocycles. The van der Waals surface area contributed by atoms with Crippen LogP contribution in [0.25, 0.3) is 0 Å². The molecular weight excluding hydrogens is 493 g/mol. The van der Waals surface area contributed by atoms with Crippen molar-refractivity contribution in [2.24, 2.45) is 10.9 Å². The van der Waals surface area contributed by atoms with E-state index in [9.17, 15) is 9.59 Å². The van der Waals surface area contributed by atoms with Gasteiger partial charge in [-0.2, -0.15) is 0 Å². The van der Waals surface area contributed by atoms with E-state index in [4.69, 9.17) is 0 Å². The van der Waals surface area contributed by atoms with Gasteiger partial charge in [0.25, 0.3) is 5.91 Å². The van der Waals surface area contributed by atoms with E-state index in [1.54, 1.807) is 26.0 Å². The molecule has 1 fully saturated rings. The Morgan fingerprint density at radius 2 is 1.70 bits per heavy atom. The van der Waals surface area contributed by atoms with Crippen LogP contribution in [0.5, 0.6) is 0 Å². The summed E-state index contributed by atoms with van der Waals surface area (Å²) in [7, 11) is 5.24. The number of benzene rings is 1. The number of hydrogen-bond donors (Lipinski definition) is 3. The molecule has 2 amide bonds. The summed E-state index contributed by atoms with van der Waals surface area (Å²) in [6, 6.07) is 7.70. The number of nitrogens with one attached hydrogen (secondary N) is 3. The highest BCUT2D eigenvalue weighted by Crippen LogP contribution is 2.23. The fourth-order valence-corrected chi connectivity index (χ4v) is 3.54. The van der Waals surface area contributed by atoms with E-state index < -0.39 is 0 Å². The second kappa shape index (κ2) is 14.2. The molecule has 0 atom stereocenters. The zero-order valence-electron chi connectivity index (χ0n) is 18.4. The van der Waals surface area contributed by atoms with Crippen molar-refractivity contribution in [3.8, 4) is 0 Å². The second-order valence-electron chi connectivity index (χ2n) is 7.70. The molecule has 0 unspecified atom stereocenters. The second-order valence-corrected chi connectivity index (χ2v) is 7.70. The summed E-state index contributed by atoms with van der Waals surface area (Å²) < 4.78 is 0. The number of rotatable bonds is 8. The Balaban J connectivity index is 0.00000450. The normalized spacial score (nSPS) is 14.4. The van der Waals surface area contributed by atoms with Crippen molar-refractivity contribution in [3.63, 3.8) is 0 Å². The van der Waals surface area contributed by atoms with Crippen LogP contribution in [0.3, 0.4) is 0 Å². The molecule has 3 N–H and O–H groups in total. The average Bonchev–Trinajstić information content (AvgIpc) is 2.75. The topological polar surface area (TPSA) is 85.8 Å². The first-order chi connectivity index (χ1) is 14.0. The molecule has 0 radical (unpaired) electrons. The van der Waals surface area contributed by atoms with E-state index >= 15 is 0 Å². The number of aliphatic imine (C=N–C) groups is 1. The van der Waals surface area contributed by atoms with Crippen molar-refractivity contribution in [2.45, 2.75) is 38.5 Å². The molecule has 0 spiro atoms. The number of amides is 2. The van der Waals surface area contributed by atoms with Crippen LogP contribution in [0, 0.1) is 5.92 Å². The summed E-state index contributed by atoms with van der Waals surface area (Å²) in [6.45, 7) is 1.92. The van der Waals surface area contributed by atoms with Crippen LogP contribution in [0.15, 0.2) is 29.3 Å². The summed E-state index contributed by atoms with van der Waals surface area (Å²) in [4.78, 5) is 30.0. The number of halogens is 1. The van der Waals surface area contributed by atoms with E-state index in [1.165, 1.54) is 19.3 Å². The van der Waals surface area contributed by atoms with E-state index in [0.717, 1.165) is 24.8 Å².